The zero-order valence-electron chi connectivity index (χ0n) is 8.81. The van der Waals surface area contributed by atoms with Crippen LogP contribution in [0.15, 0.2) is 12.1 Å². The van der Waals surface area contributed by atoms with Crippen molar-refractivity contribution in [2.75, 3.05) is 7.11 Å². The first kappa shape index (κ1) is 12.0. The Morgan fingerprint density at radius 3 is 2.44 bits per heavy atom. The largest absolute Gasteiger partial charge is 0.586 e. The van der Waals surface area contributed by atoms with Crippen LogP contribution in [0.1, 0.15) is 10.4 Å². The number of benzene rings is 1. The predicted molar refractivity (Wildman–Crippen MR) is 50.6 cm³/mol. The molecule has 1 aromatic rings. The lowest BCUT2D eigenvalue weighted by atomic mass is 10.1. The molecule has 0 saturated heterocycles. The lowest BCUT2D eigenvalue weighted by Crippen LogP contribution is -2.25. The fourth-order valence-corrected chi connectivity index (χ4v) is 1.41. The molecule has 9 heteroatoms. The standard InChI is InChI=1S/C9H5F2NO6/c1-16-8(13)4-2-6-7(3-5(4)12(14)15)18-9(10,11)17-6/h2-3H,1H3. The summed E-state index contributed by atoms with van der Waals surface area (Å²) in [7, 11) is 1.01. The van der Waals surface area contributed by atoms with Gasteiger partial charge in [-0.2, -0.15) is 0 Å². The van der Waals surface area contributed by atoms with Gasteiger partial charge in [0.2, 0.25) is 0 Å². The molecule has 0 spiro atoms. The maximum absolute atomic E-state index is 12.8. The molecule has 7 nitrogen and oxygen atoms in total. The Kier molecular flexibility index (Phi) is 2.53. The Morgan fingerprint density at radius 2 is 1.94 bits per heavy atom. The summed E-state index contributed by atoms with van der Waals surface area (Å²) in [6.07, 6.45) is -3.91. The van der Waals surface area contributed by atoms with Gasteiger partial charge in [-0.3, -0.25) is 10.1 Å². The molecule has 2 rings (SSSR count). The molecule has 96 valence electrons. The number of ether oxygens (including phenoxy) is 3. The number of hydrogen-bond donors (Lipinski definition) is 0. The highest BCUT2D eigenvalue weighted by atomic mass is 19.3. The number of rotatable bonds is 2. The second-order valence-corrected chi connectivity index (χ2v) is 3.23. The molecule has 0 N–H and O–H groups in total. The van der Waals surface area contributed by atoms with E-state index in [-0.39, 0.29) is 0 Å². The summed E-state index contributed by atoms with van der Waals surface area (Å²) in [5, 5.41) is 10.7. The second kappa shape index (κ2) is 3.79. The van der Waals surface area contributed by atoms with E-state index in [1.807, 2.05) is 0 Å². The van der Waals surface area contributed by atoms with Crippen molar-refractivity contribution >= 4 is 11.7 Å². The van der Waals surface area contributed by atoms with Crippen LogP contribution < -0.4 is 9.47 Å². The molecule has 1 heterocycles. The molecule has 1 aromatic carbocycles. The fourth-order valence-electron chi connectivity index (χ4n) is 1.41. The molecular weight excluding hydrogens is 256 g/mol. The number of methoxy groups -OCH3 is 1. The monoisotopic (exact) mass is 261 g/mol. The molecular formula is C9H5F2NO6. The third-order valence-corrected chi connectivity index (χ3v) is 2.12. The zero-order valence-corrected chi connectivity index (χ0v) is 8.81. The highest BCUT2D eigenvalue weighted by molar-refractivity contribution is 5.95. The highest BCUT2D eigenvalue weighted by Crippen LogP contribution is 2.44. The van der Waals surface area contributed by atoms with Gasteiger partial charge in [0.25, 0.3) is 5.69 Å². The Hall–Kier alpha value is -2.45. The Labute approximate surface area is 98.0 Å². The summed E-state index contributed by atoms with van der Waals surface area (Å²) in [4.78, 5) is 21.1. The van der Waals surface area contributed by atoms with Crippen LogP contribution in [0.4, 0.5) is 14.5 Å². The maximum atomic E-state index is 12.8. The molecule has 18 heavy (non-hydrogen) atoms. The van der Waals surface area contributed by atoms with Gasteiger partial charge in [0, 0.05) is 6.07 Å². The molecule has 0 bridgehead atoms. The van der Waals surface area contributed by atoms with Gasteiger partial charge in [0.15, 0.2) is 11.5 Å². The first-order valence-corrected chi connectivity index (χ1v) is 4.50. The fraction of sp³-hybridized carbons (Fsp3) is 0.222. The van der Waals surface area contributed by atoms with Gasteiger partial charge in [0.05, 0.1) is 18.1 Å². The minimum absolute atomic E-state index is 0.467. The van der Waals surface area contributed by atoms with Gasteiger partial charge in [-0.15, -0.1) is 8.78 Å². The first-order valence-electron chi connectivity index (χ1n) is 4.50. The van der Waals surface area contributed by atoms with Gasteiger partial charge in [-0.25, -0.2) is 4.79 Å². The van der Waals surface area contributed by atoms with E-state index in [0.29, 0.717) is 6.07 Å². The predicted octanol–water partition coefficient (Wildman–Crippen LogP) is 1.70. The molecule has 0 amide bonds. The van der Waals surface area contributed by atoms with E-state index >= 15 is 0 Å². The minimum atomic E-state index is -3.91. The van der Waals surface area contributed by atoms with Crippen molar-refractivity contribution in [1.82, 2.24) is 0 Å². The van der Waals surface area contributed by atoms with Crippen LogP contribution in [0.3, 0.4) is 0 Å². The van der Waals surface area contributed by atoms with Gasteiger partial charge < -0.3 is 14.2 Å². The van der Waals surface area contributed by atoms with Gasteiger partial charge in [-0.05, 0) is 0 Å². The molecule has 0 aliphatic carbocycles. The topological polar surface area (TPSA) is 87.9 Å². The number of carbonyl (C=O) groups excluding carboxylic acids is 1. The third kappa shape index (κ3) is 1.90. The van der Waals surface area contributed by atoms with Crippen molar-refractivity contribution in [2.24, 2.45) is 0 Å². The van der Waals surface area contributed by atoms with Gasteiger partial charge >= 0.3 is 12.3 Å². The number of nitro benzene ring substituents is 1. The Morgan fingerprint density at radius 1 is 1.39 bits per heavy atom. The molecule has 1 aliphatic rings. The summed E-state index contributed by atoms with van der Waals surface area (Å²) in [6.45, 7) is 0. The van der Waals surface area contributed by atoms with Crippen LogP contribution in [0.5, 0.6) is 11.5 Å². The number of nitro groups is 1. The SMILES string of the molecule is COC(=O)c1cc2c(cc1[N+](=O)[O-])OC(F)(F)O2. The summed E-state index contributed by atoms with van der Waals surface area (Å²) in [5.74, 6) is -2.02. The van der Waals surface area contributed by atoms with E-state index in [9.17, 15) is 23.7 Å². The molecule has 0 fully saturated rings. The molecule has 0 radical (unpaired) electrons. The lowest BCUT2D eigenvalue weighted by Gasteiger charge is -2.04. The van der Waals surface area contributed by atoms with E-state index < -0.39 is 39.9 Å². The zero-order chi connectivity index (χ0) is 13.5. The maximum Gasteiger partial charge on any atom is 0.586 e. The summed E-state index contributed by atoms with van der Waals surface area (Å²) < 4.78 is 37.9. The van der Waals surface area contributed by atoms with E-state index in [1.54, 1.807) is 0 Å². The Bertz CT molecular complexity index is 544. The Balaban J connectivity index is 2.56. The number of hydrogen-bond acceptors (Lipinski definition) is 6. The van der Waals surface area contributed by atoms with Crippen LogP contribution in [-0.2, 0) is 4.74 Å². The van der Waals surface area contributed by atoms with Crippen LogP contribution in [-0.4, -0.2) is 24.3 Å². The van der Waals surface area contributed by atoms with Crippen molar-refractivity contribution in [1.29, 1.82) is 0 Å². The van der Waals surface area contributed by atoms with Crippen LogP contribution in [0.25, 0.3) is 0 Å². The van der Waals surface area contributed by atoms with Crippen LogP contribution in [0.2, 0.25) is 0 Å². The number of nitrogens with zero attached hydrogens (tertiary/aromatic N) is 1. The van der Waals surface area contributed by atoms with Gasteiger partial charge in [0.1, 0.15) is 5.56 Å². The average molecular weight is 261 g/mol. The number of carbonyl (C=O) groups is 1. The van der Waals surface area contributed by atoms with E-state index in [2.05, 4.69) is 14.2 Å². The third-order valence-electron chi connectivity index (χ3n) is 2.12. The summed E-state index contributed by atoms with van der Waals surface area (Å²) in [6, 6.07) is 1.46. The highest BCUT2D eigenvalue weighted by Gasteiger charge is 2.45. The summed E-state index contributed by atoms with van der Waals surface area (Å²) in [5.41, 5.74) is -1.20. The smallest absolute Gasteiger partial charge is 0.465 e. The molecule has 0 atom stereocenters. The molecule has 0 unspecified atom stereocenters. The number of fused-ring (bicyclic) bond motifs is 1. The molecule has 0 saturated carbocycles. The number of halogens is 2. The van der Waals surface area contributed by atoms with E-state index in [4.69, 9.17) is 0 Å². The second-order valence-electron chi connectivity index (χ2n) is 3.23. The first-order chi connectivity index (χ1) is 8.34. The number of esters is 1. The van der Waals surface area contributed by atoms with Crippen molar-refractivity contribution in [3.05, 3.63) is 27.8 Å². The van der Waals surface area contributed by atoms with Crippen LogP contribution in [0, 0.1) is 10.1 Å². The van der Waals surface area contributed by atoms with Crippen molar-refractivity contribution < 1.29 is 32.7 Å². The molecule has 1 aliphatic heterocycles. The van der Waals surface area contributed by atoms with Crippen molar-refractivity contribution in [3.63, 3.8) is 0 Å². The van der Waals surface area contributed by atoms with E-state index in [0.717, 1.165) is 13.2 Å². The van der Waals surface area contributed by atoms with E-state index in [1.165, 1.54) is 0 Å². The lowest BCUT2D eigenvalue weighted by molar-refractivity contribution is -0.385. The molecule has 0 aromatic heterocycles. The normalized spacial score (nSPS) is 15.3. The minimum Gasteiger partial charge on any atom is -0.465 e. The van der Waals surface area contributed by atoms with Crippen molar-refractivity contribution in [3.8, 4) is 11.5 Å². The average Bonchev–Trinajstić information content (AvgIpc) is 2.58. The summed E-state index contributed by atoms with van der Waals surface area (Å²) >= 11 is 0. The van der Waals surface area contributed by atoms with Crippen LogP contribution >= 0.6 is 0 Å². The van der Waals surface area contributed by atoms with Gasteiger partial charge in [-0.1, -0.05) is 0 Å². The quantitative estimate of drug-likeness (QED) is 0.457. The number of alkyl halides is 2. The van der Waals surface area contributed by atoms with Crippen molar-refractivity contribution in [2.45, 2.75) is 6.29 Å².